The Morgan fingerprint density at radius 2 is 2.12 bits per heavy atom. The molecular formula is C17H17FN2O3S. The van der Waals surface area contributed by atoms with E-state index in [9.17, 15) is 14.0 Å². The number of carbonyl (C=O) groups excluding carboxylic acids is 2. The summed E-state index contributed by atoms with van der Waals surface area (Å²) in [6.07, 6.45) is 0.635. The molecule has 0 aliphatic carbocycles. The fourth-order valence-electron chi connectivity index (χ4n) is 2.95. The average Bonchev–Trinajstić information content (AvgIpc) is 2.89. The normalized spacial score (nSPS) is 23.2. The summed E-state index contributed by atoms with van der Waals surface area (Å²) in [6, 6.07) is 5.29. The van der Waals surface area contributed by atoms with E-state index in [4.69, 9.17) is 4.74 Å². The van der Waals surface area contributed by atoms with Crippen molar-refractivity contribution in [2.45, 2.75) is 31.6 Å². The minimum Gasteiger partial charge on any atom is -0.466 e. The van der Waals surface area contributed by atoms with Crippen molar-refractivity contribution in [2.24, 2.45) is 4.99 Å². The third-order valence-electron chi connectivity index (χ3n) is 4.13. The lowest BCUT2D eigenvalue weighted by Gasteiger charge is -2.33. The molecule has 1 fully saturated rings. The third kappa shape index (κ3) is 2.53. The largest absolute Gasteiger partial charge is 0.466 e. The van der Waals surface area contributed by atoms with Crippen LogP contribution in [0.3, 0.4) is 0 Å². The van der Waals surface area contributed by atoms with E-state index in [-0.39, 0.29) is 22.3 Å². The molecule has 0 N–H and O–H groups in total. The summed E-state index contributed by atoms with van der Waals surface area (Å²) in [5, 5.41) is 0.230. The number of nitrogens with zero attached hydrogens (tertiary/aromatic N) is 2. The minimum absolute atomic E-state index is 0.164. The van der Waals surface area contributed by atoms with Gasteiger partial charge in [-0.25, -0.2) is 14.2 Å². The van der Waals surface area contributed by atoms with Crippen LogP contribution in [0.1, 0.15) is 31.9 Å². The molecule has 5 nitrogen and oxygen atoms in total. The van der Waals surface area contributed by atoms with Crippen LogP contribution >= 0.6 is 11.8 Å². The van der Waals surface area contributed by atoms with Crippen LogP contribution in [0.15, 0.2) is 40.5 Å². The smallest absolute Gasteiger partial charge is 0.338 e. The third-order valence-corrected chi connectivity index (χ3v) is 5.45. The highest BCUT2D eigenvalue weighted by molar-refractivity contribution is 8.15. The maximum Gasteiger partial charge on any atom is 0.338 e. The van der Waals surface area contributed by atoms with Crippen LogP contribution in [0.2, 0.25) is 0 Å². The van der Waals surface area contributed by atoms with Crippen LogP contribution in [-0.2, 0) is 14.3 Å². The van der Waals surface area contributed by atoms with E-state index in [1.807, 2.05) is 6.92 Å². The van der Waals surface area contributed by atoms with Crippen molar-refractivity contribution in [1.82, 2.24) is 4.90 Å². The molecule has 0 aromatic heterocycles. The summed E-state index contributed by atoms with van der Waals surface area (Å²) >= 11 is 1.35. The molecule has 2 heterocycles. The van der Waals surface area contributed by atoms with Gasteiger partial charge in [0.05, 0.1) is 23.6 Å². The molecule has 0 bridgehead atoms. The maximum atomic E-state index is 14.4. The van der Waals surface area contributed by atoms with Gasteiger partial charge in [0.15, 0.2) is 5.17 Å². The molecule has 1 saturated heterocycles. The molecule has 1 amide bonds. The number of fused-ring (bicyclic) bond motifs is 1. The number of amidine groups is 1. The standard InChI is InChI=1S/C17H17FN2O3S/c1-4-12-15(21)20-14(10-7-5-6-8-11(10)18)13(16(22)23-3)9(2)19-17(20)24-12/h5-8,12,14H,4H2,1-3H3/t12-,14+/m1/s1. The first-order valence-electron chi connectivity index (χ1n) is 7.61. The lowest BCUT2D eigenvalue weighted by atomic mass is 9.94. The van der Waals surface area contributed by atoms with E-state index < -0.39 is 17.8 Å². The number of allylic oxidation sites excluding steroid dienone is 1. The van der Waals surface area contributed by atoms with E-state index in [1.54, 1.807) is 25.1 Å². The summed E-state index contributed by atoms with van der Waals surface area (Å²) in [7, 11) is 1.26. The van der Waals surface area contributed by atoms with Crippen LogP contribution in [0.4, 0.5) is 4.39 Å². The molecule has 1 aromatic carbocycles. The second-order valence-corrected chi connectivity index (χ2v) is 6.70. The molecular weight excluding hydrogens is 331 g/mol. The number of carbonyl (C=O) groups is 2. The van der Waals surface area contributed by atoms with E-state index in [0.29, 0.717) is 17.3 Å². The van der Waals surface area contributed by atoms with Crippen molar-refractivity contribution in [2.75, 3.05) is 7.11 Å². The van der Waals surface area contributed by atoms with Gasteiger partial charge in [-0.1, -0.05) is 36.9 Å². The zero-order valence-corrected chi connectivity index (χ0v) is 14.4. The number of benzene rings is 1. The predicted octanol–water partition coefficient (Wildman–Crippen LogP) is 3.04. The van der Waals surface area contributed by atoms with Gasteiger partial charge in [0, 0.05) is 5.56 Å². The van der Waals surface area contributed by atoms with Gasteiger partial charge in [0.25, 0.3) is 0 Å². The quantitative estimate of drug-likeness (QED) is 0.788. The first kappa shape index (κ1) is 16.7. The van der Waals surface area contributed by atoms with Gasteiger partial charge in [0.2, 0.25) is 5.91 Å². The molecule has 0 radical (unpaired) electrons. The van der Waals surface area contributed by atoms with Gasteiger partial charge < -0.3 is 4.74 Å². The monoisotopic (exact) mass is 348 g/mol. The lowest BCUT2D eigenvalue weighted by Crippen LogP contribution is -2.41. The molecule has 3 rings (SSSR count). The summed E-state index contributed by atoms with van der Waals surface area (Å²) in [4.78, 5) is 30.9. The SMILES string of the molecule is CC[C@H]1SC2=NC(C)=C(C(=O)OC)[C@H](c3ccccc3F)N2C1=O. The molecule has 0 saturated carbocycles. The molecule has 2 atom stereocenters. The second kappa shape index (κ2) is 6.39. The van der Waals surface area contributed by atoms with E-state index >= 15 is 0 Å². The minimum atomic E-state index is -0.859. The Labute approximate surface area is 143 Å². The Balaban J connectivity index is 2.20. The zero-order chi connectivity index (χ0) is 17.4. The van der Waals surface area contributed by atoms with E-state index in [1.165, 1.54) is 29.8 Å². The molecule has 0 unspecified atom stereocenters. The van der Waals surface area contributed by atoms with Crippen LogP contribution < -0.4 is 0 Å². The number of hydrogen-bond donors (Lipinski definition) is 0. The van der Waals surface area contributed by atoms with Crippen molar-refractivity contribution in [3.05, 3.63) is 46.9 Å². The lowest BCUT2D eigenvalue weighted by molar-refractivity contribution is -0.137. The van der Waals surface area contributed by atoms with Gasteiger partial charge in [-0.15, -0.1) is 0 Å². The number of rotatable bonds is 3. The van der Waals surface area contributed by atoms with Crippen LogP contribution in [-0.4, -0.2) is 34.3 Å². The Kier molecular flexibility index (Phi) is 4.45. The zero-order valence-electron chi connectivity index (χ0n) is 13.6. The highest BCUT2D eigenvalue weighted by Crippen LogP contribution is 2.44. The number of hydrogen-bond acceptors (Lipinski definition) is 5. The fourth-order valence-corrected chi connectivity index (χ4v) is 4.09. The van der Waals surface area contributed by atoms with Crippen LogP contribution in [0.5, 0.6) is 0 Å². The van der Waals surface area contributed by atoms with Gasteiger partial charge in [0.1, 0.15) is 11.9 Å². The number of methoxy groups -OCH3 is 1. The predicted molar refractivity (Wildman–Crippen MR) is 89.8 cm³/mol. The molecule has 1 aromatic rings. The van der Waals surface area contributed by atoms with Gasteiger partial charge in [-0.3, -0.25) is 9.69 Å². The summed E-state index contributed by atoms with van der Waals surface area (Å²) in [5.74, 6) is -1.25. The van der Waals surface area contributed by atoms with Crippen molar-refractivity contribution < 1.29 is 18.7 Å². The van der Waals surface area contributed by atoms with Gasteiger partial charge >= 0.3 is 5.97 Å². The highest BCUT2D eigenvalue weighted by Gasteiger charge is 2.47. The van der Waals surface area contributed by atoms with Crippen molar-refractivity contribution >= 4 is 28.8 Å². The number of thioether (sulfide) groups is 1. The Morgan fingerprint density at radius 1 is 1.42 bits per heavy atom. The second-order valence-electron chi connectivity index (χ2n) is 5.53. The van der Waals surface area contributed by atoms with Gasteiger partial charge in [-0.2, -0.15) is 0 Å². The van der Waals surface area contributed by atoms with Gasteiger partial charge in [-0.05, 0) is 19.4 Å². The average molecular weight is 348 g/mol. The Hall–Kier alpha value is -2.15. The number of ether oxygens (including phenoxy) is 1. The number of esters is 1. The molecule has 0 spiro atoms. The topological polar surface area (TPSA) is 59.0 Å². The molecule has 24 heavy (non-hydrogen) atoms. The Morgan fingerprint density at radius 3 is 2.75 bits per heavy atom. The number of aliphatic imine (C=N–C) groups is 1. The van der Waals surface area contributed by atoms with Crippen molar-refractivity contribution in [3.63, 3.8) is 0 Å². The van der Waals surface area contributed by atoms with Crippen molar-refractivity contribution in [3.8, 4) is 0 Å². The first-order valence-corrected chi connectivity index (χ1v) is 8.49. The van der Waals surface area contributed by atoms with Crippen LogP contribution in [0.25, 0.3) is 0 Å². The molecule has 2 aliphatic heterocycles. The van der Waals surface area contributed by atoms with Crippen LogP contribution in [0, 0.1) is 5.82 Å². The number of halogens is 1. The maximum absolute atomic E-state index is 14.4. The van der Waals surface area contributed by atoms with E-state index in [2.05, 4.69) is 4.99 Å². The fraction of sp³-hybridized carbons (Fsp3) is 0.353. The van der Waals surface area contributed by atoms with Crippen molar-refractivity contribution in [1.29, 1.82) is 0 Å². The Bertz CT molecular complexity index is 775. The molecule has 2 aliphatic rings. The highest BCUT2D eigenvalue weighted by atomic mass is 32.2. The first-order chi connectivity index (χ1) is 11.5. The number of amides is 1. The summed E-state index contributed by atoms with van der Waals surface area (Å²) < 4.78 is 19.3. The summed E-state index contributed by atoms with van der Waals surface area (Å²) in [6.45, 7) is 3.59. The summed E-state index contributed by atoms with van der Waals surface area (Å²) in [5.41, 5.74) is 0.894. The molecule has 7 heteroatoms. The van der Waals surface area contributed by atoms with E-state index in [0.717, 1.165) is 0 Å². The molecule has 126 valence electrons.